The third kappa shape index (κ3) is 7.95. The number of pyridine rings is 2. The highest BCUT2D eigenvalue weighted by atomic mass is 32.2. The van der Waals surface area contributed by atoms with Crippen molar-refractivity contribution in [2.45, 2.75) is 103 Å². The number of aromatic nitrogens is 2. The Bertz CT molecular complexity index is 2280. The first-order valence-corrected chi connectivity index (χ1v) is 18.5. The third-order valence-electron chi connectivity index (χ3n) is 8.24. The fraction of sp³-hybridized carbons (Fsp3) is 0.375. The average molecular weight is 724 g/mol. The molecule has 0 spiro atoms. The first kappa shape index (κ1) is 38.0. The van der Waals surface area contributed by atoms with E-state index in [1.54, 1.807) is 112 Å². The van der Waals surface area contributed by atoms with E-state index in [0.717, 1.165) is 26.8 Å². The molecule has 4 aromatic rings. The normalized spacial score (nSPS) is 15.0. The van der Waals surface area contributed by atoms with Crippen molar-refractivity contribution in [2.24, 2.45) is 4.36 Å². The van der Waals surface area contributed by atoms with E-state index in [4.69, 9.17) is 9.47 Å². The molecule has 2 aromatic heterocycles. The molecule has 1 aliphatic heterocycles. The molecule has 1 N–H and O–H groups in total. The van der Waals surface area contributed by atoms with Gasteiger partial charge in [-0.05, 0) is 136 Å². The summed E-state index contributed by atoms with van der Waals surface area (Å²) in [7, 11) is -3.10. The minimum atomic E-state index is -3.10. The summed E-state index contributed by atoms with van der Waals surface area (Å²) < 4.78 is 28.7. The molecule has 3 amide bonds. The van der Waals surface area contributed by atoms with E-state index in [2.05, 4.69) is 31.5 Å². The van der Waals surface area contributed by atoms with Gasteiger partial charge in [-0.2, -0.15) is 0 Å². The number of carbonyl (C=O) groups excluding carboxylic acids is 3. The zero-order valence-electron chi connectivity index (χ0n) is 31.5. The Kier molecular flexibility index (Phi) is 10.00. The number of anilines is 3. The number of nitrogens with one attached hydrogen (secondary N) is 1. The van der Waals surface area contributed by atoms with Gasteiger partial charge < -0.3 is 14.8 Å². The highest BCUT2D eigenvalue weighted by Gasteiger charge is 2.48. The van der Waals surface area contributed by atoms with Gasteiger partial charge in [0.25, 0.3) is 0 Å². The van der Waals surface area contributed by atoms with Gasteiger partial charge in [0.2, 0.25) is 5.91 Å². The van der Waals surface area contributed by atoms with Crippen molar-refractivity contribution in [1.82, 2.24) is 9.97 Å². The van der Waals surface area contributed by atoms with Crippen molar-refractivity contribution in [3.05, 3.63) is 83.3 Å². The molecule has 11 nitrogen and oxygen atoms in total. The Morgan fingerprint density at radius 2 is 1.60 bits per heavy atom. The van der Waals surface area contributed by atoms with Gasteiger partial charge in [0, 0.05) is 44.6 Å². The molecule has 5 rings (SSSR count). The summed E-state index contributed by atoms with van der Waals surface area (Å²) in [5.74, 6) is 6.57. The van der Waals surface area contributed by atoms with Crippen LogP contribution >= 0.6 is 0 Å². The molecule has 1 atom stereocenters. The molecule has 272 valence electrons. The maximum atomic E-state index is 13.9. The second-order valence-corrected chi connectivity index (χ2v) is 18.2. The summed E-state index contributed by atoms with van der Waals surface area (Å²) in [6.07, 6.45) is 1.79. The van der Waals surface area contributed by atoms with Crippen LogP contribution in [-0.2, 0) is 29.4 Å². The molecular formula is C40H45N5O6S. The third-order valence-corrected chi connectivity index (χ3v) is 10.9. The quantitative estimate of drug-likeness (QED) is 0.205. The average Bonchev–Trinajstić information content (AvgIpc) is 3.22. The summed E-state index contributed by atoms with van der Waals surface area (Å²) in [5, 5.41) is 4.42. The van der Waals surface area contributed by atoms with Crippen LogP contribution in [0.3, 0.4) is 0 Å². The van der Waals surface area contributed by atoms with Gasteiger partial charge in [0.1, 0.15) is 22.7 Å². The lowest BCUT2D eigenvalue weighted by Gasteiger charge is -2.24. The van der Waals surface area contributed by atoms with Gasteiger partial charge in [-0.25, -0.2) is 28.7 Å². The predicted octanol–water partition coefficient (Wildman–Crippen LogP) is 8.81. The van der Waals surface area contributed by atoms with Crippen LogP contribution in [0.2, 0.25) is 0 Å². The fourth-order valence-electron chi connectivity index (χ4n) is 5.57. The number of rotatable bonds is 4. The molecule has 0 saturated carbocycles. The summed E-state index contributed by atoms with van der Waals surface area (Å²) >= 11 is 0. The highest BCUT2D eigenvalue weighted by molar-refractivity contribution is 7.94. The van der Waals surface area contributed by atoms with Crippen LogP contribution in [-0.4, -0.2) is 48.7 Å². The van der Waals surface area contributed by atoms with E-state index in [0.29, 0.717) is 33.3 Å². The molecule has 2 aromatic carbocycles. The zero-order valence-corrected chi connectivity index (χ0v) is 32.3. The number of imide groups is 1. The summed E-state index contributed by atoms with van der Waals surface area (Å²) in [4.78, 5) is 49.7. The first-order valence-electron chi connectivity index (χ1n) is 16.9. The number of ether oxygens (including phenoxy) is 2. The van der Waals surface area contributed by atoms with Gasteiger partial charge in [-0.1, -0.05) is 12.0 Å². The Labute approximate surface area is 305 Å². The van der Waals surface area contributed by atoms with Crippen molar-refractivity contribution in [3.63, 3.8) is 0 Å². The van der Waals surface area contributed by atoms with Gasteiger partial charge in [-0.15, -0.1) is 4.36 Å². The monoisotopic (exact) mass is 723 g/mol. The van der Waals surface area contributed by atoms with Crippen LogP contribution in [0.15, 0.2) is 70.2 Å². The molecule has 0 saturated heterocycles. The van der Waals surface area contributed by atoms with Gasteiger partial charge in [-0.3, -0.25) is 4.79 Å². The van der Waals surface area contributed by atoms with Gasteiger partial charge >= 0.3 is 12.2 Å². The Hall–Kier alpha value is -5.28. The van der Waals surface area contributed by atoms with Crippen molar-refractivity contribution >= 4 is 55.8 Å². The number of hydrogen-bond acceptors (Lipinski definition) is 9. The number of hydrogen-bond donors (Lipinski definition) is 1. The minimum Gasteiger partial charge on any atom is -0.443 e. The lowest BCUT2D eigenvalue weighted by molar-refractivity contribution is -0.121. The highest BCUT2D eigenvalue weighted by Crippen LogP contribution is 2.43. The zero-order chi connectivity index (χ0) is 38.4. The second kappa shape index (κ2) is 13.7. The molecular weight excluding hydrogens is 679 g/mol. The summed E-state index contributed by atoms with van der Waals surface area (Å²) in [6.45, 7) is 19.5. The van der Waals surface area contributed by atoms with E-state index in [-0.39, 0.29) is 5.91 Å². The number of fused-ring (bicyclic) bond motifs is 2. The summed E-state index contributed by atoms with van der Waals surface area (Å²) in [6, 6.07) is 14.2. The van der Waals surface area contributed by atoms with E-state index in [1.165, 1.54) is 0 Å². The van der Waals surface area contributed by atoms with Crippen molar-refractivity contribution in [3.8, 4) is 11.8 Å². The van der Waals surface area contributed by atoms with Crippen LogP contribution in [0.5, 0.6) is 0 Å². The number of aryl methyl sites for hydroxylation is 1. The standard InChI is InChI=1S/C40H45N5O6S/c1-24(2)52(49,44-36(47)50-38(4,5)6)29-15-13-28(14-16-29)43-34-22-30-27(23-42-34)18-19-41-32(30)17-12-26-21-33-31(20-25(26)3)40(10,11)35(46)45(33)37(48)51-39(7,8)9/h13-16,18-24H,1-11H3,(H,42,43). The molecule has 0 fully saturated rings. The summed E-state index contributed by atoms with van der Waals surface area (Å²) in [5.41, 5.74) is 1.41. The number of carbonyl (C=O) groups is 3. The van der Waals surface area contributed by atoms with E-state index < -0.39 is 43.8 Å². The lowest BCUT2D eigenvalue weighted by Crippen LogP contribution is -2.43. The SMILES string of the molecule is Cc1cc2c(cc1C#Cc1nccc3cnc(Nc4ccc(S(=O)(=NC(=O)OC(C)(C)C)C(C)C)cc4)cc13)N(C(=O)OC(C)(C)C)C(=O)C2(C)C. The predicted molar refractivity (Wildman–Crippen MR) is 203 cm³/mol. The first-order chi connectivity index (χ1) is 24.1. The topological polar surface area (TPSA) is 140 Å². The number of amides is 3. The van der Waals surface area contributed by atoms with Crippen LogP contribution in [0.4, 0.5) is 26.8 Å². The van der Waals surface area contributed by atoms with Crippen molar-refractivity contribution in [2.75, 3.05) is 10.2 Å². The maximum absolute atomic E-state index is 13.9. The molecule has 0 radical (unpaired) electrons. The number of nitrogens with zero attached hydrogens (tertiary/aromatic N) is 4. The fourth-order valence-corrected chi connectivity index (χ4v) is 7.22. The lowest BCUT2D eigenvalue weighted by atomic mass is 9.84. The Morgan fingerprint density at radius 1 is 0.942 bits per heavy atom. The smallest absolute Gasteiger partial charge is 0.442 e. The maximum Gasteiger partial charge on any atom is 0.442 e. The number of benzene rings is 2. The van der Waals surface area contributed by atoms with Crippen LogP contribution < -0.4 is 10.2 Å². The largest absolute Gasteiger partial charge is 0.443 e. The minimum absolute atomic E-state index is 0.358. The van der Waals surface area contributed by atoms with Crippen LogP contribution in [0, 0.1) is 18.8 Å². The molecule has 0 bridgehead atoms. The van der Waals surface area contributed by atoms with Crippen molar-refractivity contribution < 1.29 is 28.1 Å². The Morgan fingerprint density at radius 3 is 2.21 bits per heavy atom. The molecule has 1 aliphatic rings. The molecule has 12 heteroatoms. The molecule has 52 heavy (non-hydrogen) atoms. The molecule has 1 unspecified atom stereocenters. The van der Waals surface area contributed by atoms with Crippen LogP contribution in [0.1, 0.15) is 91.6 Å². The molecule has 0 aliphatic carbocycles. The van der Waals surface area contributed by atoms with Crippen LogP contribution in [0.25, 0.3) is 10.8 Å². The van der Waals surface area contributed by atoms with Gasteiger partial charge in [0.15, 0.2) is 0 Å². The van der Waals surface area contributed by atoms with E-state index in [1.807, 2.05) is 25.1 Å². The second-order valence-electron chi connectivity index (χ2n) is 15.5. The van der Waals surface area contributed by atoms with Gasteiger partial charge in [0.05, 0.1) is 20.8 Å². The molecule has 3 heterocycles. The van der Waals surface area contributed by atoms with E-state index in [9.17, 15) is 18.6 Å². The van der Waals surface area contributed by atoms with E-state index >= 15 is 0 Å². The Balaban J connectivity index is 1.45. The van der Waals surface area contributed by atoms with Crippen molar-refractivity contribution in [1.29, 1.82) is 0 Å².